The number of benzene rings is 1. The Morgan fingerprint density at radius 3 is 2.50 bits per heavy atom. The fourth-order valence-electron chi connectivity index (χ4n) is 2.23. The average Bonchev–Trinajstić information content (AvgIpc) is 2.45. The van der Waals surface area contributed by atoms with Crippen molar-refractivity contribution < 1.29 is 14.2 Å². The lowest BCUT2D eigenvalue weighted by Gasteiger charge is -2.23. The van der Waals surface area contributed by atoms with Gasteiger partial charge < -0.3 is 19.5 Å². The molecule has 0 bridgehead atoms. The van der Waals surface area contributed by atoms with Crippen LogP contribution < -0.4 is 19.5 Å². The number of nitrogens with one attached hydrogen (secondary N) is 1. The van der Waals surface area contributed by atoms with Crippen LogP contribution in [0.1, 0.15) is 12.8 Å². The molecule has 2 rings (SSSR count). The van der Waals surface area contributed by atoms with Crippen molar-refractivity contribution in [2.45, 2.75) is 12.8 Å². The van der Waals surface area contributed by atoms with Gasteiger partial charge in [-0.05, 0) is 44.0 Å². The summed E-state index contributed by atoms with van der Waals surface area (Å²) in [6.07, 6.45) is 2.35. The van der Waals surface area contributed by atoms with E-state index in [-0.39, 0.29) is 0 Å². The normalized spacial score (nSPS) is 16.3. The van der Waals surface area contributed by atoms with Crippen molar-refractivity contribution in [1.82, 2.24) is 5.32 Å². The molecular weight excluding hydrogens is 230 g/mol. The second kappa shape index (κ2) is 6.50. The van der Waals surface area contributed by atoms with E-state index in [1.807, 2.05) is 18.2 Å². The van der Waals surface area contributed by atoms with Gasteiger partial charge in [-0.15, -0.1) is 0 Å². The largest absolute Gasteiger partial charge is 0.493 e. The highest BCUT2D eigenvalue weighted by Gasteiger charge is 2.16. The highest BCUT2D eigenvalue weighted by molar-refractivity contribution is 5.50. The zero-order valence-corrected chi connectivity index (χ0v) is 11.1. The lowest BCUT2D eigenvalue weighted by Crippen LogP contribution is -2.30. The molecule has 0 spiro atoms. The van der Waals surface area contributed by atoms with Gasteiger partial charge in [0.1, 0.15) is 0 Å². The minimum atomic E-state index is 0.627. The fourth-order valence-corrected chi connectivity index (χ4v) is 2.23. The van der Waals surface area contributed by atoms with Gasteiger partial charge in [0.25, 0.3) is 0 Å². The number of hydrogen-bond donors (Lipinski definition) is 1. The molecule has 0 amide bonds. The molecule has 4 nitrogen and oxygen atoms in total. The zero-order valence-electron chi connectivity index (χ0n) is 11.1. The van der Waals surface area contributed by atoms with Crippen LogP contribution in [0, 0.1) is 5.92 Å². The maximum atomic E-state index is 5.88. The molecule has 1 fully saturated rings. The number of rotatable bonds is 5. The van der Waals surface area contributed by atoms with Gasteiger partial charge in [0.05, 0.1) is 20.8 Å². The first-order valence-corrected chi connectivity index (χ1v) is 6.39. The highest BCUT2D eigenvalue weighted by atomic mass is 16.5. The van der Waals surface area contributed by atoms with Crippen LogP contribution in [-0.2, 0) is 0 Å². The second-order valence-corrected chi connectivity index (χ2v) is 4.50. The topological polar surface area (TPSA) is 39.7 Å². The van der Waals surface area contributed by atoms with E-state index in [9.17, 15) is 0 Å². The van der Waals surface area contributed by atoms with Crippen molar-refractivity contribution in [2.24, 2.45) is 5.92 Å². The predicted molar refractivity (Wildman–Crippen MR) is 70.6 cm³/mol. The van der Waals surface area contributed by atoms with Gasteiger partial charge >= 0.3 is 0 Å². The summed E-state index contributed by atoms with van der Waals surface area (Å²) in [5.41, 5.74) is 0. The summed E-state index contributed by atoms with van der Waals surface area (Å²) in [4.78, 5) is 0. The van der Waals surface area contributed by atoms with E-state index in [2.05, 4.69) is 5.32 Å². The summed E-state index contributed by atoms with van der Waals surface area (Å²) in [6, 6.07) is 5.71. The third-order valence-electron chi connectivity index (χ3n) is 3.30. The molecule has 0 radical (unpaired) electrons. The summed E-state index contributed by atoms with van der Waals surface area (Å²) >= 11 is 0. The standard InChI is InChI=1S/C14H21NO3/c1-16-12-4-3-5-13(14(12)17-2)18-10-11-6-8-15-9-7-11/h3-5,11,15H,6-10H2,1-2H3. The summed E-state index contributed by atoms with van der Waals surface area (Å²) in [5.74, 6) is 2.77. The predicted octanol–water partition coefficient (Wildman–Crippen LogP) is 2.08. The molecule has 0 unspecified atom stereocenters. The van der Waals surface area contributed by atoms with E-state index < -0.39 is 0 Å². The van der Waals surface area contributed by atoms with E-state index in [4.69, 9.17) is 14.2 Å². The van der Waals surface area contributed by atoms with Crippen LogP contribution >= 0.6 is 0 Å². The Bertz CT molecular complexity index is 375. The molecule has 1 aromatic rings. The number of ether oxygens (including phenoxy) is 3. The molecule has 100 valence electrons. The maximum Gasteiger partial charge on any atom is 0.203 e. The minimum absolute atomic E-state index is 0.627. The van der Waals surface area contributed by atoms with Gasteiger partial charge in [0.15, 0.2) is 11.5 Å². The Hall–Kier alpha value is -1.42. The first-order valence-electron chi connectivity index (χ1n) is 6.39. The van der Waals surface area contributed by atoms with E-state index in [1.165, 1.54) is 12.8 Å². The van der Waals surface area contributed by atoms with E-state index in [0.717, 1.165) is 25.4 Å². The van der Waals surface area contributed by atoms with Crippen LogP contribution in [0.25, 0.3) is 0 Å². The molecule has 1 saturated heterocycles. The summed E-state index contributed by atoms with van der Waals surface area (Å²) in [7, 11) is 3.27. The maximum absolute atomic E-state index is 5.88. The highest BCUT2D eigenvalue weighted by Crippen LogP contribution is 2.36. The third kappa shape index (κ3) is 3.07. The first kappa shape index (κ1) is 13.0. The van der Waals surface area contributed by atoms with E-state index in [0.29, 0.717) is 17.4 Å². The van der Waals surface area contributed by atoms with Crippen LogP contribution in [0.2, 0.25) is 0 Å². The number of methoxy groups -OCH3 is 2. The van der Waals surface area contributed by atoms with Gasteiger partial charge in [-0.25, -0.2) is 0 Å². The number of hydrogen-bond acceptors (Lipinski definition) is 4. The van der Waals surface area contributed by atoms with Crippen LogP contribution in [-0.4, -0.2) is 33.9 Å². The van der Waals surface area contributed by atoms with Crippen molar-refractivity contribution in [3.05, 3.63) is 18.2 Å². The molecule has 1 aromatic carbocycles. The van der Waals surface area contributed by atoms with E-state index >= 15 is 0 Å². The summed E-state index contributed by atoms with van der Waals surface area (Å²) in [6.45, 7) is 2.91. The molecule has 1 heterocycles. The molecule has 1 aliphatic rings. The molecule has 18 heavy (non-hydrogen) atoms. The van der Waals surface area contributed by atoms with Gasteiger partial charge in [-0.3, -0.25) is 0 Å². The van der Waals surface area contributed by atoms with Crippen LogP contribution in [0.5, 0.6) is 17.2 Å². The van der Waals surface area contributed by atoms with Gasteiger partial charge in [0, 0.05) is 0 Å². The summed E-state index contributed by atoms with van der Waals surface area (Å²) < 4.78 is 16.5. The molecule has 1 N–H and O–H groups in total. The van der Waals surface area contributed by atoms with Crippen molar-refractivity contribution in [3.63, 3.8) is 0 Å². The smallest absolute Gasteiger partial charge is 0.203 e. The van der Waals surface area contributed by atoms with Crippen molar-refractivity contribution >= 4 is 0 Å². The van der Waals surface area contributed by atoms with Crippen molar-refractivity contribution in [3.8, 4) is 17.2 Å². The quantitative estimate of drug-likeness (QED) is 0.869. The Labute approximate surface area is 108 Å². The van der Waals surface area contributed by atoms with Crippen LogP contribution in [0.3, 0.4) is 0 Å². The monoisotopic (exact) mass is 251 g/mol. The molecule has 0 aromatic heterocycles. The Morgan fingerprint density at radius 1 is 1.11 bits per heavy atom. The average molecular weight is 251 g/mol. The SMILES string of the molecule is COc1cccc(OCC2CCNCC2)c1OC. The molecule has 0 atom stereocenters. The lowest BCUT2D eigenvalue weighted by atomic mass is 9.99. The third-order valence-corrected chi connectivity index (χ3v) is 3.30. The van der Waals surface area contributed by atoms with E-state index in [1.54, 1.807) is 14.2 Å². The first-order chi connectivity index (χ1) is 8.85. The molecule has 4 heteroatoms. The number of piperidine rings is 1. The molecule has 0 saturated carbocycles. The Balaban J connectivity index is 1.99. The molecule has 0 aliphatic carbocycles. The molecular formula is C14H21NO3. The van der Waals surface area contributed by atoms with Gasteiger partial charge in [-0.2, -0.15) is 0 Å². The van der Waals surface area contributed by atoms with Gasteiger partial charge in [-0.1, -0.05) is 6.07 Å². The Kier molecular flexibility index (Phi) is 4.70. The second-order valence-electron chi connectivity index (χ2n) is 4.50. The van der Waals surface area contributed by atoms with Crippen LogP contribution in [0.4, 0.5) is 0 Å². The zero-order chi connectivity index (χ0) is 12.8. The van der Waals surface area contributed by atoms with Crippen molar-refractivity contribution in [1.29, 1.82) is 0 Å². The Morgan fingerprint density at radius 2 is 1.83 bits per heavy atom. The fraction of sp³-hybridized carbons (Fsp3) is 0.571. The van der Waals surface area contributed by atoms with Gasteiger partial charge in [0.2, 0.25) is 5.75 Å². The number of para-hydroxylation sites is 1. The minimum Gasteiger partial charge on any atom is -0.493 e. The summed E-state index contributed by atoms with van der Waals surface area (Å²) in [5, 5.41) is 3.35. The lowest BCUT2D eigenvalue weighted by molar-refractivity contribution is 0.206. The molecule has 1 aliphatic heterocycles. The van der Waals surface area contributed by atoms with Crippen LogP contribution in [0.15, 0.2) is 18.2 Å². The van der Waals surface area contributed by atoms with Crippen molar-refractivity contribution in [2.75, 3.05) is 33.9 Å².